The molecule has 0 aliphatic carbocycles. The van der Waals surface area contributed by atoms with Gasteiger partial charge in [-0.3, -0.25) is 9.59 Å². The average Bonchev–Trinajstić information content (AvgIpc) is 2.70. The molecule has 0 aromatic heterocycles. The largest absolute Gasteiger partial charge is 0.471 e. The minimum atomic E-state index is -4.99. The zero-order valence-electron chi connectivity index (χ0n) is 18.1. The summed E-state index contributed by atoms with van der Waals surface area (Å²) >= 11 is 6.41. The Morgan fingerprint density at radius 2 is 1.74 bits per heavy atom. The molecule has 0 saturated carbocycles. The summed E-state index contributed by atoms with van der Waals surface area (Å²) in [5, 5.41) is 0.332. The molecule has 1 aromatic rings. The molecule has 1 heterocycles. The van der Waals surface area contributed by atoms with Crippen LogP contribution in [0, 0.1) is 0 Å². The number of benzene rings is 1. The second-order valence-corrected chi connectivity index (χ2v) is 8.83. The number of alkyl halides is 3. The molecule has 2 amide bonds. The number of nitrogens with zero attached hydrogens (tertiary/aromatic N) is 2. The number of primary amides is 1. The molecular weight excluding hydrogens is 431 g/mol. The summed E-state index contributed by atoms with van der Waals surface area (Å²) in [6.07, 6.45) is -1.42. The van der Waals surface area contributed by atoms with Crippen molar-refractivity contribution in [2.45, 2.75) is 63.6 Å². The number of piperidine rings is 1. The SMILES string of the molecule is CC(C)N(CCC(CCN1CCCCC1)(C(N)=O)c1ccccc1Cl)C(=O)C(F)(F)F. The van der Waals surface area contributed by atoms with Gasteiger partial charge in [0.05, 0.1) is 5.41 Å². The fraction of sp³-hybridized carbons (Fsp3) is 0.636. The topological polar surface area (TPSA) is 66.6 Å². The molecule has 1 fully saturated rings. The Hall–Kier alpha value is -1.80. The number of halogens is 4. The van der Waals surface area contributed by atoms with Crippen LogP contribution < -0.4 is 5.73 Å². The van der Waals surface area contributed by atoms with Gasteiger partial charge in [-0.05, 0) is 70.8 Å². The average molecular weight is 462 g/mol. The van der Waals surface area contributed by atoms with Crippen LogP contribution in [0.5, 0.6) is 0 Å². The second-order valence-electron chi connectivity index (χ2n) is 8.42. The highest BCUT2D eigenvalue weighted by Gasteiger charge is 2.45. The summed E-state index contributed by atoms with van der Waals surface area (Å²) in [6.45, 7) is 5.15. The molecule has 31 heavy (non-hydrogen) atoms. The van der Waals surface area contributed by atoms with Gasteiger partial charge in [0.15, 0.2) is 0 Å². The van der Waals surface area contributed by atoms with Crippen LogP contribution in [0.25, 0.3) is 0 Å². The summed E-state index contributed by atoms with van der Waals surface area (Å²) < 4.78 is 39.3. The predicted octanol–water partition coefficient (Wildman–Crippen LogP) is 4.13. The van der Waals surface area contributed by atoms with Gasteiger partial charge in [0.1, 0.15) is 0 Å². The Morgan fingerprint density at radius 1 is 1.13 bits per heavy atom. The van der Waals surface area contributed by atoms with Crippen molar-refractivity contribution >= 4 is 23.4 Å². The van der Waals surface area contributed by atoms with E-state index in [1.54, 1.807) is 24.3 Å². The second kappa shape index (κ2) is 10.7. The predicted molar refractivity (Wildman–Crippen MR) is 115 cm³/mol. The molecule has 174 valence electrons. The van der Waals surface area contributed by atoms with Crippen molar-refractivity contribution in [1.29, 1.82) is 0 Å². The summed E-state index contributed by atoms with van der Waals surface area (Å²) in [5.74, 6) is -2.57. The number of carbonyl (C=O) groups excluding carboxylic acids is 2. The first-order chi connectivity index (χ1) is 14.5. The molecule has 1 saturated heterocycles. The first-order valence-corrected chi connectivity index (χ1v) is 11.0. The molecule has 2 rings (SSSR count). The lowest BCUT2D eigenvalue weighted by Gasteiger charge is -2.37. The van der Waals surface area contributed by atoms with Crippen molar-refractivity contribution in [2.24, 2.45) is 5.73 Å². The van der Waals surface area contributed by atoms with E-state index in [4.69, 9.17) is 17.3 Å². The van der Waals surface area contributed by atoms with Crippen LogP contribution in [0.15, 0.2) is 24.3 Å². The highest BCUT2D eigenvalue weighted by Crippen LogP contribution is 2.37. The molecule has 0 radical (unpaired) electrons. The molecule has 9 heteroatoms. The third-order valence-corrected chi connectivity index (χ3v) is 6.40. The highest BCUT2D eigenvalue weighted by molar-refractivity contribution is 6.31. The molecule has 1 aliphatic heterocycles. The monoisotopic (exact) mass is 461 g/mol. The lowest BCUT2D eigenvalue weighted by Crippen LogP contribution is -2.50. The van der Waals surface area contributed by atoms with E-state index in [1.807, 2.05) is 0 Å². The molecule has 0 spiro atoms. The van der Waals surface area contributed by atoms with Crippen molar-refractivity contribution in [1.82, 2.24) is 9.80 Å². The Balaban J connectivity index is 2.36. The van der Waals surface area contributed by atoms with Crippen LogP contribution in [0.4, 0.5) is 13.2 Å². The maximum atomic E-state index is 13.1. The molecule has 1 aliphatic rings. The lowest BCUT2D eigenvalue weighted by atomic mass is 9.73. The Morgan fingerprint density at radius 3 is 2.26 bits per heavy atom. The number of rotatable bonds is 9. The fourth-order valence-electron chi connectivity index (χ4n) is 4.22. The van der Waals surface area contributed by atoms with E-state index in [1.165, 1.54) is 13.8 Å². The van der Waals surface area contributed by atoms with Crippen LogP contribution in [-0.4, -0.2) is 60.0 Å². The third-order valence-electron chi connectivity index (χ3n) is 6.07. The van der Waals surface area contributed by atoms with E-state index in [0.717, 1.165) is 37.3 Å². The van der Waals surface area contributed by atoms with E-state index >= 15 is 0 Å². The normalized spacial score (nSPS) is 17.4. The summed E-state index contributed by atoms with van der Waals surface area (Å²) in [5.41, 5.74) is 5.08. The smallest absolute Gasteiger partial charge is 0.369 e. The number of carbonyl (C=O) groups is 2. The quantitative estimate of drug-likeness (QED) is 0.601. The number of hydrogen-bond acceptors (Lipinski definition) is 3. The van der Waals surface area contributed by atoms with Crippen LogP contribution >= 0.6 is 11.6 Å². The minimum Gasteiger partial charge on any atom is -0.369 e. The van der Waals surface area contributed by atoms with Crippen molar-refractivity contribution < 1.29 is 22.8 Å². The molecule has 1 atom stereocenters. The number of amides is 2. The minimum absolute atomic E-state index is 0.0418. The first-order valence-electron chi connectivity index (χ1n) is 10.6. The Kier molecular flexibility index (Phi) is 8.77. The van der Waals surface area contributed by atoms with Gasteiger partial charge >= 0.3 is 12.1 Å². The van der Waals surface area contributed by atoms with Crippen LogP contribution in [-0.2, 0) is 15.0 Å². The highest BCUT2D eigenvalue weighted by atomic mass is 35.5. The Labute approximate surface area is 186 Å². The Bertz CT molecular complexity index is 767. The van der Waals surface area contributed by atoms with Crippen LogP contribution in [0.3, 0.4) is 0 Å². The standard InChI is InChI=1S/C22H31ClF3N3O2/c1-16(2)29(20(31)22(24,25)26)15-11-21(19(27)30,17-8-4-5-9-18(17)23)10-14-28-12-6-3-7-13-28/h4-5,8-9,16H,3,6-7,10-15H2,1-2H3,(H2,27,30). The van der Waals surface area contributed by atoms with Gasteiger partial charge in [0.2, 0.25) is 5.91 Å². The van der Waals surface area contributed by atoms with Crippen molar-refractivity contribution in [3.05, 3.63) is 34.9 Å². The van der Waals surface area contributed by atoms with Crippen molar-refractivity contribution in [3.63, 3.8) is 0 Å². The summed E-state index contributed by atoms with van der Waals surface area (Å²) in [6, 6.07) is 6.08. The summed E-state index contributed by atoms with van der Waals surface area (Å²) in [7, 11) is 0. The molecule has 1 aromatic carbocycles. The summed E-state index contributed by atoms with van der Waals surface area (Å²) in [4.78, 5) is 27.7. The van der Waals surface area contributed by atoms with Crippen molar-refractivity contribution in [2.75, 3.05) is 26.2 Å². The number of likely N-dealkylation sites (tertiary alicyclic amines) is 1. The zero-order chi connectivity index (χ0) is 23.2. The van der Waals surface area contributed by atoms with Gasteiger partial charge in [-0.2, -0.15) is 13.2 Å². The molecular formula is C22H31ClF3N3O2. The van der Waals surface area contributed by atoms with Crippen molar-refractivity contribution in [3.8, 4) is 0 Å². The molecule has 0 bridgehead atoms. The molecule has 2 N–H and O–H groups in total. The molecule has 5 nitrogen and oxygen atoms in total. The third kappa shape index (κ3) is 6.35. The van der Waals surface area contributed by atoms with Crippen LogP contribution in [0.1, 0.15) is 51.5 Å². The molecule has 1 unspecified atom stereocenters. The van der Waals surface area contributed by atoms with E-state index in [0.29, 0.717) is 23.6 Å². The van der Waals surface area contributed by atoms with E-state index in [9.17, 15) is 22.8 Å². The van der Waals surface area contributed by atoms with E-state index < -0.39 is 29.4 Å². The van der Waals surface area contributed by atoms with Gasteiger partial charge in [-0.15, -0.1) is 0 Å². The van der Waals surface area contributed by atoms with Gasteiger partial charge in [0.25, 0.3) is 0 Å². The van der Waals surface area contributed by atoms with E-state index in [-0.39, 0.29) is 13.0 Å². The maximum absolute atomic E-state index is 13.1. The lowest BCUT2D eigenvalue weighted by molar-refractivity contribution is -0.187. The first kappa shape index (κ1) is 25.5. The number of hydrogen-bond donors (Lipinski definition) is 1. The fourth-order valence-corrected chi connectivity index (χ4v) is 4.54. The van der Waals surface area contributed by atoms with Crippen LogP contribution in [0.2, 0.25) is 5.02 Å². The van der Waals surface area contributed by atoms with Gasteiger partial charge in [-0.25, -0.2) is 0 Å². The van der Waals surface area contributed by atoms with Gasteiger partial charge in [-0.1, -0.05) is 36.2 Å². The van der Waals surface area contributed by atoms with Gasteiger partial charge in [0, 0.05) is 17.6 Å². The van der Waals surface area contributed by atoms with E-state index in [2.05, 4.69) is 4.90 Å². The van der Waals surface area contributed by atoms with Gasteiger partial charge < -0.3 is 15.5 Å². The number of nitrogens with two attached hydrogens (primary N) is 1. The maximum Gasteiger partial charge on any atom is 0.471 e. The zero-order valence-corrected chi connectivity index (χ0v) is 18.8.